The lowest BCUT2D eigenvalue weighted by Crippen LogP contribution is -2.34. The number of carbonyl (C=O) groups excluding carboxylic acids is 2. The van der Waals surface area contributed by atoms with Gasteiger partial charge in [-0.25, -0.2) is 14.7 Å². The van der Waals surface area contributed by atoms with E-state index in [-0.39, 0.29) is 18.1 Å². The Morgan fingerprint density at radius 1 is 1.25 bits per heavy atom. The second-order valence-electron chi connectivity index (χ2n) is 10.1. The van der Waals surface area contributed by atoms with E-state index in [4.69, 9.17) is 18.9 Å². The van der Waals surface area contributed by atoms with Gasteiger partial charge in [0.05, 0.1) is 24.7 Å². The molecule has 40 heavy (non-hydrogen) atoms. The minimum Gasteiger partial charge on any atom is -0.481 e. The van der Waals surface area contributed by atoms with Crippen molar-refractivity contribution in [2.45, 2.75) is 64.0 Å². The van der Waals surface area contributed by atoms with Gasteiger partial charge in [-0.2, -0.15) is 0 Å². The Morgan fingerprint density at radius 2 is 2.15 bits per heavy atom. The monoisotopic (exact) mass is 546 g/mol. The molecule has 210 valence electrons. The predicted octanol–water partition coefficient (Wildman–Crippen LogP) is 5.03. The molecule has 3 aliphatic rings. The van der Waals surface area contributed by atoms with Crippen LogP contribution < -0.4 is 10.1 Å². The number of amides is 2. The van der Waals surface area contributed by atoms with E-state index >= 15 is 0 Å². The fraction of sp³-hybridized carbons (Fsp3) is 0.400. The van der Waals surface area contributed by atoms with Crippen LogP contribution in [0.1, 0.15) is 51.0 Å². The molecule has 0 spiro atoms. The first-order valence-corrected chi connectivity index (χ1v) is 13.6. The molecule has 0 saturated carbocycles. The van der Waals surface area contributed by atoms with Crippen molar-refractivity contribution in [3.63, 3.8) is 0 Å². The molecule has 2 aliphatic heterocycles. The molecule has 2 unspecified atom stereocenters. The zero-order valence-electron chi connectivity index (χ0n) is 22.8. The van der Waals surface area contributed by atoms with E-state index in [1.54, 1.807) is 25.6 Å². The van der Waals surface area contributed by atoms with Crippen molar-refractivity contribution < 1.29 is 28.5 Å². The van der Waals surface area contributed by atoms with Crippen LogP contribution in [0.5, 0.6) is 5.88 Å². The number of cyclic esters (lactones) is 1. The number of fused-ring (bicyclic) bond motifs is 1. The van der Waals surface area contributed by atoms with Gasteiger partial charge in [0.1, 0.15) is 18.1 Å². The number of rotatable bonds is 11. The number of methoxy groups -OCH3 is 1. The van der Waals surface area contributed by atoms with Gasteiger partial charge < -0.3 is 24.3 Å². The average Bonchev–Trinajstić information content (AvgIpc) is 3.35. The van der Waals surface area contributed by atoms with Gasteiger partial charge in [-0.15, -0.1) is 0 Å². The lowest BCUT2D eigenvalue weighted by molar-refractivity contribution is -0.119. The van der Waals surface area contributed by atoms with E-state index in [9.17, 15) is 9.59 Å². The van der Waals surface area contributed by atoms with Crippen molar-refractivity contribution in [2.24, 2.45) is 0 Å². The summed E-state index contributed by atoms with van der Waals surface area (Å²) < 4.78 is 22.4. The highest BCUT2D eigenvalue weighted by molar-refractivity contribution is 5.78. The SMILES string of the molecule is COc1ccc2nccc(CCC(CCC3CN(C4=COC=C(CC5=CC=CCC5)O4)C(=O)O3)NC(C)=O)c2n1. The molecular formula is C30H34N4O6. The molecule has 4 heterocycles. The number of hydrogen-bond donors (Lipinski definition) is 1. The lowest BCUT2D eigenvalue weighted by Gasteiger charge is -2.22. The van der Waals surface area contributed by atoms with Crippen molar-refractivity contribution in [3.05, 3.63) is 77.9 Å². The number of carbonyl (C=O) groups is 2. The van der Waals surface area contributed by atoms with E-state index in [0.29, 0.717) is 56.2 Å². The van der Waals surface area contributed by atoms with Gasteiger partial charge in [-0.1, -0.05) is 23.8 Å². The molecule has 2 aromatic heterocycles. The summed E-state index contributed by atoms with van der Waals surface area (Å²) in [7, 11) is 1.58. The normalized spacial score (nSPS) is 19.1. The Balaban J connectivity index is 1.16. The summed E-state index contributed by atoms with van der Waals surface area (Å²) in [5.74, 6) is 1.40. The molecule has 2 aromatic rings. The van der Waals surface area contributed by atoms with Gasteiger partial charge in [0.2, 0.25) is 17.7 Å². The molecule has 0 bridgehead atoms. The molecule has 1 fully saturated rings. The highest BCUT2D eigenvalue weighted by Crippen LogP contribution is 2.29. The number of aromatic nitrogens is 2. The van der Waals surface area contributed by atoms with Crippen molar-refractivity contribution in [2.75, 3.05) is 13.7 Å². The lowest BCUT2D eigenvalue weighted by atomic mass is 9.99. The molecular weight excluding hydrogens is 512 g/mol. The second-order valence-corrected chi connectivity index (χ2v) is 10.1. The van der Waals surface area contributed by atoms with Crippen LogP contribution in [-0.4, -0.2) is 52.7 Å². The second kappa shape index (κ2) is 12.7. The maximum atomic E-state index is 12.7. The highest BCUT2D eigenvalue weighted by Gasteiger charge is 2.36. The largest absolute Gasteiger partial charge is 0.481 e. The maximum absolute atomic E-state index is 12.7. The molecule has 1 saturated heterocycles. The van der Waals surface area contributed by atoms with Crippen LogP contribution in [0, 0.1) is 0 Å². The molecule has 0 radical (unpaired) electrons. The van der Waals surface area contributed by atoms with Gasteiger partial charge in [0.15, 0.2) is 6.26 Å². The van der Waals surface area contributed by atoms with Crippen LogP contribution in [-0.2, 0) is 25.4 Å². The number of allylic oxidation sites excluding steroid dienone is 4. The third-order valence-electron chi connectivity index (χ3n) is 7.10. The zero-order valence-corrected chi connectivity index (χ0v) is 22.8. The molecule has 1 N–H and O–H groups in total. The van der Waals surface area contributed by atoms with Gasteiger partial charge in [-0.3, -0.25) is 9.78 Å². The van der Waals surface area contributed by atoms with E-state index in [1.165, 1.54) is 23.7 Å². The summed E-state index contributed by atoms with van der Waals surface area (Å²) in [6, 6.07) is 5.52. The molecule has 5 rings (SSSR count). The smallest absolute Gasteiger partial charge is 0.417 e. The number of aryl methyl sites for hydroxylation is 1. The summed E-state index contributed by atoms with van der Waals surface area (Å²) in [5, 5.41) is 3.05. The average molecular weight is 547 g/mol. The van der Waals surface area contributed by atoms with Crippen LogP contribution in [0.25, 0.3) is 11.0 Å². The number of nitrogens with zero attached hydrogens (tertiary/aromatic N) is 3. The quantitative estimate of drug-likeness (QED) is 0.418. The molecule has 1 aliphatic carbocycles. The summed E-state index contributed by atoms with van der Waals surface area (Å²) >= 11 is 0. The van der Waals surface area contributed by atoms with Crippen LogP contribution >= 0.6 is 0 Å². The van der Waals surface area contributed by atoms with Crippen molar-refractivity contribution in [1.29, 1.82) is 0 Å². The van der Waals surface area contributed by atoms with Gasteiger partial charge in [-0.05, 0) is 56.2 Å². The van der Waals surface area contributed by atoms with Gasteiger partial charge in [0.25, 0.3) is 0 Å². The van der Waals surface area contributed by atoms with Crippen molar-refractivity contribution in [1.82, 2.24) is 20.2 Å². The molecule has 2 amide bonds. The van der Waals surface area contributed by atoms with Crippen LogP contribution in [0.15, 0.2) is 72.4 Å². The Hall–Kier alpha value is -4.34. The third kappa shape index (κ3) is 6.80. The Bertz CT molecular complexity index is 1380. The first-order chi connectivity index (χ1) is 19.5. The first kappa shape index (κ1) is 27.2. The van der Waals surface area contributed by atoms with Crippen LogP contribution in [0.3, 0.4) is 0 Å². The molecule has 2 atom stereocenters. The number of nitrogens with one attached hydrogen (secondary N) is 1. The molecule has 10 nitrogen and oxygen atoms in total. The van der Waals surface area contributed by atoms with Crippen molar-refractivity contribution >= 4 is 23.0 Å². The minimum absolute atomic E-state index is 0.0973. The predicted molar refractivity (Wildman–Crippen MR) is 148 cm³/mol. The number of ether oxygens (including phenoxy) is 4. The summed E-state index contributed by atoms with van der Waals surface area (Å²) in [6.45, 7) is 1.86. The Kier molecular flexibility index (Phi) is 8.63. The Morgan fingerprint density at radius 3 is 2.95 bits per heavy atom. The van der Waals surface area contributed by atoms with Crippen molar-refractivity contribution in [3.8, 4) is 5.88 Å². The highest BCUT2D eigenvalue weighted by atomic mass is 16.6. The maximum Gasteiger partial charge on any atom is 0.417 e. The van der Waals surface area contributed by atoms with E-state index in [2.05, 4.69) is 27.4 Å². The summed E-state index contributed by atoms with van der Waals surface area (Å²) in [4.78, 5) is 35.1. The molecule has 0 aromatic carbocycles. The fourth-order valence-electron chi connectivity index (χ4n) is 5.09. The zero-order chi connectivity index (χ0) is 27.9. The Labute approximate surface area is 233 Å². The van der Waals surface area contributed by atoms with Crippen LogP contribution in [0.2, 0.25) is 0 Å². The minimum atomic E-state index is -0.472. The van der Waals surface area contributed by atoms with Gasteiger partial charge >= 0.3 is 6.09 Å². The van der Waals surface area contributed by atoms with E-state index in [1.807, 2.05) is 18.2 Å². The summed E-state index contributed by atoms with van der Waals surface area (Å²) in [6.07, 6.45) is 15.4. The van der Waals surface area contributed by atoms with Gasteiger partial charge in [0, 0.05) is 31.6 Å². The van der Waals surface area contributed by atoms with E-state index < -0.39 is 6.09 Å². The summed E-state index contributed by atoms with van der Waals surface area (Å²) in [5.41, 5.74) is 3.86. The number of pyridine rings is 2. The topological polar surface area (TPSA) is 112 Å². The molecule has 10 heteroatoms. The van der Waals surface area contributed by atoms with Crippen LogP contribution in [0.4, 0.5) is 4.79 Å². The first-order valence-electron chi connectivity index (χ1n) is 13.6. The third-order valence-corrected chi connectivity index (χ3v) is 7.10. The van der Waals surface area contributed by atoms with E-state index in [0.717, 1.165) is 29.4 Å². The standard InChI is InChI=1S/C30H34N4O6/c1-20(35)32-23(9-8-22-14-15-31-26-12-13-27(37-2)33-29(22)26)10-11-24-17-34(30(36)40-24)28-19-38-18-25(39-28)16-21-6-4-3-5-7-21/h3-4,6,12-15,18-19,23-24H,5,7-11,16-17H2,1-2H3,(H,32,35). The fourth-order valence-corrected chi connectivity index (χ4v) is 5.09. The number of hydrogen-bond acceptors (Lipinski definition) is 8.